The standard InChI is InChI=1S/C24H35N5O2/c1-3-6-16-15-29(12-11-25-16)24-27-22-20(9-5-10-21(22)31-24)23(30)26-17-13-18-7-4-8-19(14-17)28(18)2/h5,9-10,16-19,25H,3-4,6-8,11-15H2,1-2H3,(H,26,30)/t16-,17?,18?,19?/m0/s1. The van der Waals surface area contributed by atoms with Crippen molar-refractivity contribution in [2.24, 2.45) is 0 Å². The van der Waals surface area contributed by atoms with Gasteiger partial charge in [0.2, 0.25) is 0 Å². The van der Waals surface area contributed by atoms with Crippen molar-refractivity contribution in [1.82, 2.24) is 20.5 Å². The highest BCUT2D eigenvalue weighted by Crippen LogP contribution is 2.33. The van der Waals surface area contributed by atoms with E-state index >= 15 is 0 Å². The zero-order chi connectivity index (χ0) is 21.4. The lowest BCUT2D eigenvalue weighted by Gasteiger charge is -2.47. The molecule has 3 aliphatic heterocycles. The van der Waals surface area contributed by atoms with Gasteiger partial charge in [-0.05, 0) is 51.3 Å². The van der Waals surface area contributed by atoms with Crippen molar-refractivity contribution in [3.63, 3.8) is 0 Å². The highest BCUT2D eigenvalue weighted by Gasteiger charge is 2.36. The smallest absolute Gasteiger partial charge is 0.298 e. The number of aromatic nitrogens is 1. The van der Waals surface area contributed by atoms with Crippen LogP contribution in [0.3, 0.4) is 0 Å². The maximum absolute atomic E-state index is 13.2. The van der Waals surface area contributed by atoms with Crippen LogP contribution in [0.5, 0.6) is 0 Å². The van der Waals surface area contributed by atoms with Gasteiger partial charge in [-0.3, -0.25) is 4.79 Å². The van der Waals surface area contributed by atoms with Crippen molar-refractivity contribution in [2.75, 3.05) is 31.6 Å². The van der Waals surface area contributed by atoms with Gasteiger partial charge in [0, 0.05) is 43.8 Å². The molecule has 1 amide bonds. The van der Waals surface area contributed by atoms with E-state index in [9.17, 15) is 4.79 Å². The summed E-state index contributed by atoms with van der Waals surface area (Å²) >= 11 is 0. The number of piperidine rings is 2. The van der Waals surface area contributed by atoms with Gasteiger partial charge in [-0.1, -0.05) is 25.8 Å². The number of benzene rings is 1. The third-order valence-corrected chi connectivity index (χ3v) is 7.49. The molecule has 168 valence electrons. The fourth-order valence-electron chi connectivity index (χ4n) is 5.79. The van der Waals surface area contributed by atoms with Gasteiger partial charge in [0.05, 0.1) is 5.56 Å². The fraction of sp³-hybridized carbons (Fsp3) is 0.667. The second-order valence-corrected chi connectivity index (χ2v) is 9.58. The summed E-state index contributed by atoms with van der Waals surface area (Å²) < 4.78 is 6.09. The normalized spacial score (nSPS) is 29.3. The van der Waals surface area contributed by atoms with Gasteiger partial charge < -0.3 is 24.9 Å². The minimum atomic E-state index is -0.0257. The minimum Gasteiger partial charge on any atom is -0.423 e. The molecule has 3 saturated heterocycles. The van der Waals surface area contributed by atoms with Crippen LogP contribution >= 0.6 is 0 Å². The van der Waals surface area contributed by atoms with E-state index < -0.39 is 0 Å². The summed E-state index contributed by atoms with van der Waals surface area (Å²) in [7, 11) is 2.24. The number of nitrogens with one attached hydrogen (secondary N) is 2. The SMILES string of the molecule is CCC[C@H]1CN(c2nc3c(C(=O)NC4CC5CCCC(C4)N5C)cccc3o2)CCN1. The zero-order valence-corrected chi connectivity index (χ0v) is 18.8. The number of carbonyl (C=O) groups excluding carboxylic acids is 1. The number of anilines is 1. The quantitative estimate of drug-likeness (QED) is 0.767. The Morgan fingerprint density at radius 2 is 2.10 bits per heavy atom. The molecule has 7 nitrogen and oxygen atoms in total. The summed E-state index contributed by atoms with van der Waals surface area (Å²) in [4.78, 5) is 22.7. The minimum absolute atomic E-state index is 0.0257. The zero-order valence-electron chi connectivity index (χ0n) is 18.8. The molecule has 0 radical (unpaired) electrons. The number of fused-ring (bicyclic) bond motifs is 3. The van der Waals surface area contributed by atoms with Gasteiger partial charge in [-0.25, -0.2) is 0 Å². The van der Waals surface area contributed by atoms with Crippen LogP contribution in [0.2, 0.25) is 0 Å². The molecule has 3 atom stereocenters. The highest BCUT2D eigenvalue weighted by molar-refractivity contribution is 6.04. The lowest BCUT2D eigenvalue weighted by Crippen LogP contribution is -2.55. The highest BCUT2D eigenvalue weighted by atomic mass is 16.4. The van der Waals surface area contributed by atoms with Crippen molar-refractivity contribution in [3.8, 4) is 0 Å². The molecule has 1 aromatic heterocycles. The van der Waals surface area contributed by atoms with Crippen LogP contribution in [0.4, 0.5) is 6.01 Å². The van der Waals surface area contributed by atoms with E-state index in [0.717, 1.165) is 45.3 Å². The molecule has 3 aliphatic rings. The average molecular weight is 426 g/mol. The summed E-state index contributed by atoms with van der Waals surface area (Å²) in [6, 6.07) is 8.20. The number of oxazole rings is 1. The van der Waals surface area contributed by atoms with Crippen molar-refractivity contribution >= 4 is 23.0 Å². The Morgan fingerprint density at radius 3 is 2.87 bits per heavy atom. The molecule has 5 rings (SSSR count). The maximum atomic E-state index is 13.2. The Bertz CT molecular complexity index is 912. The van der Waals surface area contributed by atoms with Crippen molar-refractivity contribution < 1.29 is 9.21 Å². The van der Waals surface area contributed by atoms with Crippen LogP contribution in [0, 0.1) is 0 Å². The van der Waals surface area contributed by atoms with Gasteiger partial charge in [-0.15, -0.1) is 0 Å². The first-order chi connectivity index (χ1) is 15.1. The molecular weight excluding hydrogens is 390 g/mol. The molecule has 0 saturated carbocycles. The second-order valence-electron chi connectivity index (χ2n) is 9.58. The molecule has 4 heterocycles. The largest absolute Gasteiger partial charge is 0.423 e. The number of rotatable bonds is 5. The molecule has 2 N–H and O–H groups in total. The van der Waals surface area contributed by atoms with Gasteiger partial charge in [0.1, 0.15) is 5.52 Å². The number of carbonyl (C=O) groups is 1. The van der Waals surface area contributed by atoms with Gasteiger partial charge in [0.15, 0.2) is 5.58 Å². The summed E-state index contributed by atoms with van der Waals surface area (Å²) in [6.07, 6.45) is 8.17. The third kappa shape index (κ3) is 4.17. The van der Waals surface area contributed by atoms with Gasteiger partial charge >= 0.3 is 0 Å². The molecule has 31 heavy (non-hydrogen) atoms. The van der Waals surface area contributed by atoms with E-state index in [1.54, 1.807) is 0 Å². The molecule has 2 unspecified atom stereocenters. The van der Waals surface area contributed by atoms with Gasteiger partial charge in [0.25, 0.3) is 11.9 Å². The van der Waals surface area contributed by atoms with Crippen LogP contribution in [0.25, 0.3) is 11.1 Å². The van der Waals surface area contributed by atoms with Crippen LogP contribution in [0.1, 0.15) is 62.2 Å². The Morgan fingerprint density at radius 1 is 1.29 bits per heavy atom. The first kappa shape index (κ1) is 20.8. The lowest BCUT2D eigenvalue weighted by atomic mass is 9.82. The number of amides is 1. The Balaban J connectivity index is 1.32. The summed E-state index contributed by atoms with van der Waals surface area (Å²) in [5, 5.41) is 6.89. The maximum Gasteiger partial charge on any atom is 0.298 e. The van der Waals surface area contributed by atoms with Crippen molar-refractivity contribution in [2.45, 2.75) is 76.0 Å². The predicted octanol–water partition coefficient (Wildman–Crippen LogP) is 3.15. The van der Waals surface area contributed by atoms with E-state index in [-0.39, 0.29) is 11.9 Å². The molecule has 2 aromatic rings. The monoisotopic (exact) mass is 425 g/mol. The molecule has 7 heteroatoms. The first-order valence-corrected chi connectivity index (χ1v) is 12.0. The number of hydrogen-bond acceptors (Lipinski definition) is 6. The Labute approximate surface area is 184 Å². The Hall–Kier alpha value is -2.12. The number of nitrogens with zero attached hydrogens (tertiary/aromatic N) is 3. The number of para-hydroxylation sites is 1. The van der Waals surface area contributed by atoms with E-state index in [0.29, 0.717) is 40.8 Å². The number of hydrogen-bond donors (Lipinski definition) is 2. The van der Waals surface area contributed by atoms with E-state index in [1.807, 2.05) is 18.2 Å². The van der Waals surface area contributed by atoms with Crippen molar-refractivity contribution in [1.29, 1.82) is 0 Å². The average Bonchev–Trinajstić information content (AvgIpc) is 3.19. The van der Waals surface area contributed by atoms with E-state index in [2.05, 4.69) is 34.4 Å². The molecule has 1 aromatic carbocycles. The predicted molar refractivity (Wildman–Crippen MR) is 123 cm³/mol. The molecule has 3 fully saturated rings. The van der Waals surface area contributed by atoms with E-state index in [1.165, 1.54) is 19.3 Å². The summed E-state index contributed by atoms with van der Waals surface area (Å²) in [5.74, 6) is -0.0257. The van der Waals surface area contributed by atoms with Crippen LogP contribution in [-0.4, -0.2) is 66.6 Å². The lowest BCUT2D eigenvalue weighted by molar-refractivity contribution is 0.0463. The van der Waals surface area contributed by atoms with Crippen LogP contribution in [-0.2, 0) is 0 Å². The van der Waals surface area contributed by atoms with E-state index in [4.69, 9.17) is 9.40 Å². The molecule has 0 aliphatic carbocycles. The summed E-state index contributed by atoms with van der Waals surface area (Å²) in [5.41, 5.74) is 1.99. The number of piperazine rings is 1. The fourth-order valence-corrected chi connectivity index (χ4v) is 5.79. The molecule has 0 spiro atoms. The van der Waals surface area contributed by atoms with Crippen LogP contribution < -0.4 is 15.5 Å². The molecular formula is C24H35N5O2. The van der Waals surface area contributed by atoms with Crippen molar-refractivity contribution in [3.05, 3.63) is 23.8 Å². The first-order valence-electron chi connectivity index (χ1n) is 12.0. The third-order valence-electron chi connectivity index (χ3n) is 7.49. The van der Waals surface area contributed by atoms with Gasteiger partial charge in [-0.2, -0.15) is 4.98 Å². The molecule has 2 bridgehead atoms. The summed E-state index contributed by atoms with van der Waals surface area (Å²) in [6.45, 7) is 4.89. The second kappa shape index (κ2) is 8.79. The topological polar surface area (TPSA) is 73.6 Å². The van der Waals surface area contributed by atoms with Crippen LogP contribution in [0.15, 0.2) is 22.6 Å². The Kier molecular flexibility index (Phi) is 5.89.